The van der Waals surface area contributed by atoms with E-state index in [4.69, 9.17) is 23.2 Å². The fraction of sp³-hybridized carbons (Fsp3) is 0.379. The molecule has 0 unspecified atom stereocenters. The minimum absolute atomic E-state index is 0.160. The number of hydrogen-bond donors (Lipinski definition) is 1. The van der Waals surface area contributed by atoms with Gasteiger partial charge in [-0.3, -0.25) is 14.6 Å². The molecule has 0 saturated carbocycles. The first-order valence-corrected chi connectivity index (χ1v) is 13.9. The Morgan fingerprint density at radius 2 is 1.59 bits per heavy atom. The van der Waals surface area contributed by atoms with Gasteiger partial charge >= 0.3 is 0 Å². The first kappa shape index (κ1) is 27.8. The Labute approximate surface area is 237 Å². The molecule has 0 bridgehead atoms. The lowest BCUT2D eigenvalue weighted by Crippen LogP contribution is -2.53. The van der Waals surface area contributed by atoms with Crippen LogP contribution in [0.3, 0.4) is 0 Å². The molecule has 6 nitrogen and oxygen atoms in total. The monoisotopic (exact) mass is 573 g/mol. The third-order valence-electron chi connectivity index (χ3n) is 7.53. The number of rotatable bonds is 7. The van der Waals surface area contributed by atoms with Crippen LogP contribution in [0.2, 0.25) is 10.0 Å². The average Bonchev–Trinajstić information content (AvgIpc) is 2.95. The largest absolute Gasteiger partial charge is 0.353 e. The predicted octanol–water partition coefficient (Wildman–Crippen LogP) is 5.38. The van der Waals surface area contributed by atoms with Crippen molar-refractivity contribution in [3.05, 3.63) is 93.1 Å². The van der Waals surface area contributed by atoms with Crippen LogP contribution in [-0.2, 0) is 13.1 Å². The predicted molar refractivity (Wildman–Crippen MR) is 150 cm³/mol. The number of nitrogens with one attached hydrogen (secondary N) is 1. The van der Waals surface area contributed by atoms with E-state index in [1.807, 2.05) is 6.07 Å². The van der Waals surface area contributed by atoms with Crippen LogP contribution in [0.5, 0.6) is 0 Å². The first-order chi connectivity index (χ1) is 18.9. The Kier molecular flexibility index (Phi) is 8.97. The van der Waals surface area contributed by atoms with E-state index in [-0.39, 0.29) is 22.6 Å². The fourth-order valence-electron chi connectivity index (χ4n) is 5.31. The van der Waals surface area contributed by atoms with Gasteiger partial charge in [0.2, 0.25) is 0 Å². The lowest BCUT2D eigenvalue weighted by atomic mass is 10.0. The van der Waals surface area contributed by atoms with Crippen molar-refractivity contribution in [3.63, 3.8) is 0 Å². The van der Waals surface area contributed by atoms with E-state index in [2.05, 4.69) is 25.0 Å². The van der Waals surface area contributed by atoms with Crippen LogP contribution in [0, 0.1) is 11.6 Å². The molecule has 2 aliphatic rings. The number of anilines is 1. The number of pyridine rings is 1. The second-order valence-electron chi connectivity index (χ2n) is 10.1. The topological polar surface area (TPSA) is 51.7 Å². The summed E-state index contributed by atoms with van der Waals surface area (Å²) in [7, 11) is 0. The van der Waals surface area contributed by atoms with Crippen molar-refractivity contribution in [2.45, 2.75) is 32.0 Å². The molecule has 10 heteroatoms. The maximum atomic E-state index is 13.8. The summed E-state index contributed by atoms with van der Waals surface area (Å²) in [4.78, 5) is 24.2. The fourth-order valence-corrected chi connectivity index (χ4v) is 5.72. The standard InChI is InChI=1S/C29H31Cl2F2N5O/c30-25-6-3-21(15-27(25)33)19-36-9-7-24(8-10-36)37-11-13-38(14-12-37)28-26(31)16-22(18-34-28)29(39)35-17-20-1-4-23(32)5-2-20/h1-6,15-16,18,24H,7-14,17,19H2,(H,35,39). The molecule has 2 aliphatic heterocycles. The summed E-state index contributed by atoms with van der Waals surface area (Å²) < 4.78 is 26.8. The summed E-state index contributed by atoms with van der Waals surface area (Å²) in [6.07, 6.45) is 3.71. The van der Waals surface area contributed by atoms with E-state index in [1.165, 1.54) is 18.2 Å². The van der Waals surface area contributed by atoms with Crippen molar-refractivity contribution >= 4 is 34.9 Å². The van der Waals surface area contributed by atoms with Gasteiger partial charge in [0.25, 0.3) is 5.91 Å². The van der Waals surface area contributed by atoms with Crippen LogP contribution >= 0.6 is 23.2 Å². The van der Waals surface area contributed by atoms with Gasteiger partial charge in [0, 0.05) is 51.5 Å². The molecule has 0 radical (unpaired) electrons. The van der Waals surface area contributed by atoms with Crippen molar-refractivity contribution in [2.75, 3.05) is 44.2 Å². The molecule has 5 rings (SSSR count). The van der Waals surface area contributed by atoms with Crippen molar-refractivity contribution in [3.8, 4) is 0 Å². The zero-order valence-electron chi connectivity index (χ0n) is 21.6. The van der Waals surface area contributed by atoms with Crippen molar-refractivity contribution in [1.82, 2.24) is 20.1 Å². The lowest BCUT2D eigenvalue weighted by molar-refractivity contribution is 0.0950. The Morgan fingerprint density at radius 1 is 0.897 bits per heavy atom. The number of likely N-dealkylation sites (tertiary alicyclic amines) is 1. The van der Waals surface area contributed by atoms with E-state index in [0.29, 0.717) is 29.0 Å². The Balaban J connectivity index is 1.08. The van der Waals surface area contributed by atoms with Crippen LogP contribution in [0.15, 0.2) is 54.7 Å². The molecule has 0 spiro atoms. The molecule has 1 amide bonds. The molecule has 1 N–H and O–H groups in total. The number of hydrogen-bond acceptors (Lipinski definition) is 5. The van der Waals surface area contributed by atoms with E-state index < -0.39 is 0 Å². The minimum Gasteiger partial charge on any atom is -0.353 e. The maximum absolute atomic E-state index is 13.8. The minimum atomic E-state index is -0.365. The van der Waals surface area contributed by atoms with E-state index >= 15 is 0 Å². The second-order valence-corrected chi connectivity index (χ2v) is 10.9. The SMILES string of the molecule is O=C(NCc1ccc(F)cc1)c1cnc(N2CCN(C3CCN(Cc4ccc(Cl)c(F)c4)CC3)CC2)c(Cl)c1. The summed E-state index contributed by atoms with van der Waals surface area (Å²) in [6, 6.07) is 13.2. The van der Waals surface area contributed by atoms with Crippen molar-refractivity contribution in [2.24, 2.45) is 0 Å². The molecule has 0 aliphatic carbocycles. The third kappa shape index (κ3) is 7.06. The summed E-state index contributed by atoms with van der Waals surface area (Å²) in [5.41, 5.74) is 2.14. The molecule has 0 atom stereocenters. The Hall–Kier alpha value is -2.78. The normalized spacial score (nSPS) is 17.4. The number of nitrogens with zero attached hydrogens (tertiary/aromatic N) is 4. The van der Waals surface area contributed by atoms with Crippen molar-refractivity contribution < 1.29 is 13.6 Å². The summed E-state index contributed by atoms with van der Waals surface area (Å²) >= 11 is 12.4. The highest BCUT2D eigenvalue weighted by molar-refractivity contribution is 6.33. The number of carbonyl (C=O) groups is 1. The number of carbonyl (C=O) groups excluding carboxylic acids is 1. The Bertz CT molecular complexity index is 1290. The van der Waals surface area contributed by atoms with Crippen molar-refractivity contribution in [1.29, 1.82) is 0 Å². The van der Waals surface area contributed by atoms with Gasteiger partial charge in [0.05, 0.1) is 15.6 Å². The van der Waals surface area contributed by atoms with Gasteiger partial charge < -0.3 is 10.2 Å². The quantitative estimate of drug-likeness (QED) is 0.411. The molecule has 1 aromatic heterocycles. The van der Waals surface area contributed by atoms with Crippen LogP contribution in [0.25, 0.3) is 0 Å². The van der Waals surface area contributed by atoms with Crippen LogP contribution in [0.4, 0.5) is 14.6 Å². The zero-order valence-corrected chi connectivity index (χ0v) is 23.1. The molecule has 2 saturated heterocycles. The Morgan fingerprint density at radius 3 is 2.26 bits per heavy atom. The average molecular weight is 575 g/mol. The molecule has 206 valence electrons. The molecule has 3 aromatic rings. The van der Waals surface area contributed by atoms with E-state index in [0.717, 1.165) is 69.8 Å². The zero-order chi connectivity index (χ0) is 27.4. The molecule has 39 heavy (non-hydrogen) atoms. The molecular formula is C29H31Cl2F2N5O. The van der Waals surface area contributed by atoms with Gasteiger partial charge in [-0.25, -0.2) is 13.8 Å². The molecular weight excluding hydrogens is 543 g/mol. The highest BCUT2D eigenvalue weighted by atomic mass is 35.5. The third-order valence-corrected chi connectivity index (χ3v) is 8.11. The summed E-state index contributed by atoms with van der Waals surface area (Å²) in [5.74, 6) is -0.266. The number of piperazine rings is 1. The van der Waals surface area contributed by atoms with Gasteiger partial charge in [-0.1, -0.05) is 41.4 Å². The number of amides is 1. The number of halogens is 4. The van der Waals surface area contributed by atoms with Gasteiger partial charge in [-0.2, -0.15) is 0 Å². The maximum Gasteiger partial charge on any atom is 0.253 e. The number of aromatic nitrogens is 1. The second kappa shape index (κ2) is 12.6. The summed E-state index contributed by atoms with van der Waals surface area (Å²) in [5, 5.41) is 3.43. The van der Waals surface area contributed by atoms with Gasteiger partial charge in [-0.05, 0) is 67.4 Å². The van der Waals surface area contributed by atoms with Crippen LogP contribution < -0.4 is 10.2 Å². The van der Waals surface area contributed by atoms with Crippen LogP contribution in [-0.4, -0.2) is 66.0 Å². The smallest absolute Gasteiger partial charge is 0.253 e. The summed E-state index contributed by atoms with van der Waals surface area (Å²) in [6.45, 7) is 6.45. The first-order valence-electron chi connectivity index (χ1n) is 13.2. The highest BCUT2D eigenvalue weighted by Gasteiger charge is 2.28. The van der Waals surface area contributed by atoms with Gasteiger partial charge in [0.1, 0.15) is 17.5 Å². The van der Waals surface area contributed by atoms with E-state index in [1.54, 1.807) is 30.5 Å². The number of benzene rings is 2. The van der Waals surface area contributed by atoms with Gasteiger partial charge in [-0.15, -0.1) is 0 Å². The highest BCUT2D eigenvalue weighted by Crippen LogP contribution is 2.27. The molecule has 2 fully saturated rings. The molecule has 3 heterocycles. The lowest BCUT2D eigenvalue weighted by Gasteiger charge is -2.43. The molecule has 2 aromatic carbocycles. The van der Waals surface area contributed by atoms with Crippen LogP contribution in [0.1, 0.15) is 34.3 Å². The van der Waals surface area contributed by atoms with E-state index in [9.17, 15) is 13.6 Å². The number of piperidine rings is 1. The van der Waals surface area contributed by atoms with Gasteiger partial charge in [0.15, 0.2) is 0 Å².